The second-order valence-electron chi connectivity index (χ2n) is 10.5. The molecule has 1 aliphatic rings. The van der Waals surface area contributed by atoms with Crippen molar-refractivity contribution in [3.05, 3.63) is 144 Å². The Morgan fingerprint density at radius 1 is 0.528 bits per heavy atom. The monoisotopic (exact) mass is 475 g/mol. The molecule has 4 aromatic carbocycles. The van der Waals surface area contributed by atoms with Crippen LogP contribution in [0.15, 0.2) is 121 Å². The van der Waals surface area contributed by atoms with Crippen molar-refractivity contribution in [1.29, 1.82) is 0 Å². The lowest BCUT2D eigenvalue weighted by molar-refractivity contribution is -0.980. The van der Waals surface area contributed by atoms with Gasteiger partial charge in [-0.25, -0.2) is 0 Å². The summed E-state index contributed by atoms with van der Waals surface area (Å²) in [5.41, 5.74) is 5.71. The number of hydrogen-bond donors (Lipinski definition) is 0. The van der Waals surface area contributed by atoms with Gasteiger partial charge in [-0.2, -0.15) is 0 Å². The molecule has 36 heavy (non-hydrogen) atoms. The van der Waals surface area contributed by atoms with Gasteiger partial charge in [-0.3, -0.25) is 4.90 Å². The Kier molecular flexibility index (Phi) is 8.28. The first-order valence-corrected chi connectivity index (χ1v) is 13.5. The van der Waals surface area contributed by atoms with E-state index in [-0.39, 0.29) is 0 Å². The fourth-order valence-electron chi connectivity index (χ4n) is 6.06. The van der Waals surface area contributed by atoms with E-state index in [2.05, 4.69) is 126 Å². The van der Waals surface area contributed by atoms with E-state index in [0.29, 0.717) is 6.04 Å². The van der Waals surface area contributed by atoms with Crippen molar-refractivity contribution in [2.45, 2.75) is 51.5 Å². The number of rotatable bonds is 10. The summed E-state index contributed by atoms with van der Waals surface area (Å²) in [6.45, 7) is 6.55. The molecule has 0 aliphatic carbocycles. The van der Waals surface area contributed by atoms with Gasteiger partial charge in [0.25, 0.3) is 0 Å². The molecule has 2 nitrogen and oxygen atoms in total. The lowest BCUT2D eigenvalue weighted by Gasteiger charge is -2.49. The maximum Gasteiger partial charge on any atom is 0.105 e. The topological polar surface area (TPSA) is 3.24 Å². The van der Waals surface area contributed by atoms with Gasteiger partial charge >= 0.3 is 0 Å². The SMILES string of the molecule is c1ccc(CN(Cc2ccccc2)C[C@H]2CCCC[N+]2(Cc2ccccc2)Cc2ccccc2)cc1. The minimum absolute atomic E-state index is 0.603. The Bertz CT molecular complexity index is 1080. The van der Waals surface area contributed by atoms with Crippen LogP contribution in [0.5, 0.6) is 0 Å². The van der Waals surface area contributed by atoms with E-state index in [1.54, 1.807) is 0 Å². The zero-order chi connectivity index (χ0) is 24.5. The van der Waals surface area contributed by atoms with E-state index in [9.17, 15) is 0 Å². The average molecular weight is 476 g/mol. The van der Waals surface area contributed by atoms with Gasteiger partial charge < -0.3 is 4.48 Å². The Morgan fingerprint density at radius 2 is 0.944 bits per heavy atom. The summed E-state index contributed by atoms with van der Waals surface area (Å²) in [5, 5.41) is 0. The molecular weight excluding hydrogens is 436 g/mol. The van der Waals surface area contributed by atoms with E-state index in [1.165, 1.54) is 48.1 Å². The highest BCUT2D eigenvalue weighted by Crippen LogP contribution is 2.33. The van der Waals surface area contributed by atoms with Crippen LogP contribution in [0.3, 0.4) is 0 Å². The Labute approximate surface area is 217 Å². The van der Waals surface area contributed by atoms with Crippen molar-refractivity contribution in [3.8, 4) is 0 Å². The van der Waals surface area contributed by atoms with E-state index in [0.717, 1.165) is 37.2 Å². The van der Waals surface area contributed by atoms with Crippen LogP contribution in [0.4, 0.5) is 0 Å². The van der Waals surface area contributed by atoms with Crippen LogP contribution >= 0.6 is 0 Å². The predicted molar refractivity (Wildman–Crippen MR) is 150 cm³/mol. The molecule has 0 amide bonds. The normalized spacial score (nSPS) is 17.2. The van der Waals surface area contributed by atoms with Crippen LogP contribution in [0, 0.1) is 0 Å². The van der Waals surface area contributed by atoms with Gasteiger partial charge in [-0.15, -0.1) is 0 Å². The predicted octanol–water partition coefficient (Wildman–Crippen LogP) is 7.46. The smallest absolute Gasteiger partial charge is 0.105 e. The van der Waals surface area contributed by atoms with E-state index >= 15 is 0 Å². The van der Waals surface area contributed by atoms with Crippen molar-refractivity contribution in [2.75, 3.05) is 13.1 Å². The highest BCUT2D eigenvalue weighted by atomic mass is 15.4. The standard InChI is InChI=1S/C34H39N2/c1-5-15-30(16-6-1)25-35(26-31-17-7-2-8-18-31)27-34-23-13-14-24-36(34,28-32-19-9-3-10-20-32)29-33-21-11-4-12-22-33/h1-12,15-22,34H,13-14,23-29H2/q+1/t34-/m1/s1. The zero-order valence-corrected chi connectivity index (χ0v) is 21.4. The number of likely N-dealkylation sites (tertiary alicyclic amines) is 1. The highest BCUT2D eigenvalue weighted by Gasteiger charge is 2.40. The molecule has 0 radical (unpaired) electrons. The minimum Gasteiger partial charge on any atom is -0.313 e. The number of hydrogen-bond acceptors (Lipinski definition) is 1. The summed E-state index contributed by atoms with van der Waals surface area (Å²) in [4.78, 5) is 2.70. The number of quaternary nitrogens is 1. The Morgan fingerprint density at radius 3 is 1.39 bits per heavy atom. The summed E-state index contributed by atoms with van der Waals surface area (Å²) >= 11 is 0. The lowest BCUT2D eigenvalue weighted by Crippen LogP contribution is -2.60. The van der Waals surface area contributed by atoms with Crippen LogP contribution in [-0.4, -0.2) is 28.5 Å². The molecule has 0 unspecified atom stereocenters. The maximum absolute atomic E-state index is 2.70. The van der Waals surface area contributed by atoms with Crippen LogP contribution in [0.25, 0.3) is 0 Å². The lowest BCUT2D eigenvalue weighted by atomic mass is 9.94. The summed E-state index contributed by atoms with van der Waals surface area (Å²) in [6.07, 6.45) is 3.94. The van der Waals surface area contributed by atoms with Crippen molar-refractivity contribution < 1.29 is 4.48 Å². The zero-order valence-electron chi connectivity index (χ0n) is 21.4. The summed E-state index contributed by atoms with van der Waals surface area (Å²) in [5.74, 6) is 0. The summed E-state index contributed by atoms with van der Waals surface area (Å²) in [6, 6.07) is 45.0. The van der Waals surface area contributed by atoms with Crippen molar-refractivity contribution >= 4 is 0 Å². The molecule has 0 aromatic heterocycles. The summed E-state index contributed by atoms with van der Waals surface area (Å²) < 4.78 is 1.15. The molecule has 184 valence electrons. The van der Waals surface area contributed by atoms with Gasteiger partial charge in [0.2, 0.25) is 0 Å². The van der Waals surface area contributed by atoms with E-state index in [4.69, 9.17) is 0 Å². The molecule has 1 fully saturated rings. The Hall–Kier alpha value is -3.20. The van der Waals surface area contributed by atoms with Gasteiger partial charge in [0.1, 0.15) is 19.1 Å². The second-order valence-corrected chi connectivity index (χ2v) is 10.5. The van der Waals surface area contributed by atoms with Crippen molar-refractivity contribution in [1.82, 2.24) is 4.90 Å². The first kappa shape index (κ1) is 24.5. The molecule has 4 aromatic rings. The molecule has 0 bridgehead atoms. The second kappa shape index (κ2) is 12.2. The first-order chi connectivity index (χ1) is 17.8. The van der Waals surface area contributed by atoms with Gasteiger partial charge in [0, 0.05) is 30.6 Å². The van der Waals surface area contributed by atoms with Gasteiger partial charge in [-0.1, -0.05) is 121 Å². The van der Waals surface area contributed by atoms with Crippen LogP contribution in [0.2, 0.25) is 0 Å². The average Bonchev–Trinajstić information content (AvgIpc) is 2.92. The third-order valence-electron chi connectivity index (χ3n) is 7.81. The fraction of sp³-hybridized carbons (Fsp3) is 0.294. The van der Waals surface area contributed by atoms with Crippen LogP contribution in [0.1, 0.15) is 41.5 Å². The third kappa shape index (κ3) is 6.51. The molecule has 0 saturated carbocycles. The molecule has 0 spiro atoms. The van der Waals surface area contributed by atoms with Crippen molar-refractivity contribution in [3.63, 3.8) is 0 Å². The van der Waals surface area contributed by atoms with Crippen LogP contribution in [-0.2, 0) is 26.2 Å². The van der Waals surface area contributed by atoms with Gasteiger partial charge in [0.05, 0.1) is 13.1 Å². The van der Waals surface area contributed by atoms with E-state index < -0.39 is 0 Å². The molecule has 1 atom stereocenters. The number of nitrogens with zero attached hydrogens (tertiary/aromatic N) is 2. The largest absolute Gasteiger partial charge is 0.313 e. The molecule has 1 heterocycles. The highest BCUT2D eigenvalue weighted by molar-refractivity contribution is 5.18. The van der Waals surface area contributed by atoms with E-state index in [1.807, 2.05) is 0 Å². The molecule has 0 N–H and O–H groups in total. The molecule has 5 rings (SSSR count). The summed E-state index contributed by atoms with van der Waals surface area (Å²) in [7, 11) is 0. The minimum atomic E-state index is 0.603. The molecular formula is C34H39N2+. The molecule has 1 saturated heterocycles. The first-order valence-electron chi connectivity index (χ1n) is 13.5. The number of benzene rings is 4. The number of piperidine rings is 1. The maximum atomic E-state index is 2.70. The Balaban J connectivity index is 1.45. The van der Waals surface area contributed by atoms with Gasteiger partial charge in [0.15, 0.2) is 0 Å². The van der Waals surface area contributed by atoms with Gasteiger partial charge in [-0.05, 0) is 24.0 Å². The quantitative estimate of drug-likeness (QED) is 0.215. The van der Waals surface area contributed by atoms with Crippen LogP contribution < -0.4 is 0 Å². The molecule has 1 aliphatic heterocycles. The fourth-order valence-corrected chi connectivity index (χ4v) is 6.06. The van der Waals surface area contributed by atoms with Crippen molar-refractivity contribution in [2.24, 2.45) is 0 Å². The third-order valence-corrected chi connectivity index (χ3v) is 7.81. The molecule has 2 heteroatoms.